The highest BCUT2D eigenvalue weighted by atomic mass is 16.5. The van der Waals surface area contributed by atoms with Crippen LogP contribution in [-0.2, 0) is 9.53 Å². The van der Waals surface area contributed by atoms with E-state index in [1.807, 2.05) is 0 Å². The zero-order chi connectivity index (χ0) is 12.4. The van der Waals surface area contributed by atoms with Gasteiger partial charge in [-0.05, 0) is 13.0 Å². The Morgan fingerprint density at radius 1 is 1.71 bits per heavy atom. The van der Waals surface area contributed by atoms with Gasteiger partial charge in [0.25, 0.3) is 5.91 Å². The van der Waals surface area contributed by atoms with Gasteiger partial charge in [-0.3, -0.25) is 9.69 Å². The fourth-order valence-corrected chi connectivity index (χ4v) is 1.77. The third-order valence-corrected chi connectivity index (χ3v) is 2.61. The van der Waals surface area contributed by atoms with Crippen molar-refractivity contribution >= 4 is 5.91 Å². The van der Waals surface area contributed by atoms with Gasteiger partial charge in [0.05, 0.1) is 6.42 Å². The molecule has 0 bridgehead atoms. The SMILES string of the molecule is C/C=C1/NC(=O)C=CN1[C@H]1CC(O)=C(CO)O1. The predicted molar refractivity (Wildman–Crippen MR) is 59.1 cm³/mol. The lowest BCUT2D eigenvalue weighted by atomic mass is 10.3. The first-order valence-electron chi connectivity index (χ1n) is 5.28. The molecule has 0 unspecified atom stereocenters. The topological polar surface area (TPSA) is 82.0 Å². The van der Waals surface area contributed by atoms with Crippen LogP contribution in [0.2, 0.25) is 0 Å². The number of ether oxygens (including phenoxy) is 1. The summed E-state index contributed by atoms with van der Waals surface area (Å²) in [5.41, 5.74) is 0. The fourth-order valence-electron chi connectivity index (χ4n) is 1.77. The van der Waals surface area contributed by atoms with Gasteiger partial charge in [-0.15, -0.1) is 0 Å². The van der Waals surface area contributed by atoms with Crippen LogP contribution in [0.25, 0.3) is 0 Å². The van der Waals surface area contributed by atoms with Crippen molar-refractivity contribution in [2.45, 2.75) is 19.6 Å². The second-order valence-corrected chi connectivity index (χ2v) is 3.69. The Balaban J connectivity index is 2.15. The van der Waals surface area contributed by atoms with Gasteiger partial charge in [0.2, 0.25) is 0 Å². The molecular formula is C11H14N2O4. The normalized spacial score (nSPS) is 26.5. The number of nitrogens with one attached hydrogen (secondary N) is 1. The van der Waals surface area contributed by atoms with Crippen LogP contribution in [0.15, 0.2) is 35.7 Å². The molecule has 0 spiro atoms. The van der Waals surface area contributed by atoms with Crippen LogP contribution in [0.4, 0.5) is 0 Å². The number of rotatable bonds is 2. The standard InChI is InChI=1S/C11H14N2O4/c1-2-9-12-10(16)3-4-13(9)11-5-7(15)8(6-14)17-11/h2-4,11,14-15H,5-6H2,1H3,(H,12,16)/b9-2-/t11-/m1/s1. The lowest BCUT2D eigenvalue weighted by molar-refractivity contribution is -0.117. The van der Waals surface area contributed by atoms with E-state index in [1.165, 1.54) is 6.08 Å². The maximum absolute atomic E-state index is 11.2. The van der Waals surface area contributed by atoms with Crippen LogP contribution in [0.3, 0.4) is 0 Å². The second-order valence-electron chi connectivity index (χ2n) is 3.69. The molecular weight excluding hydrogens is 224 g/mol. The van der Waals surface area contributed by atoms with Crippen molar-refractivity contribution in [1.82, 2.24) is 10.2 Å². The Morgan fingerprint density at radius 2 is 2.47 bits per heavy atom. The molecule has 0 aromatic rings. The predicted octanol–water partition coefficient (Wildman–Crippen LogP) is 0.302. The average molecular weight is 238 g/mol. The van der Waals surface area contributed by atoms with Crippen LogP contribution in [0.1, 0.15) is 13.3 Å². The van der Waals surface area contributed by atoms with Crippen molar-refractivity contribution in [2.24, 2.45) is 0 Å². The van der Waals surface area contributed by atoms with E-state index in [9.17, 15) is 9.90 Å². The number of carbonyl (C=O) groups excluding carboxylic acids is 1. The molecule has 0 aromatic heterocycles. The number of hydrogen-bond donors (Lipinski definition) is 3. The molecule has 0 saturated heterocycles. The van der Waals surface area contributed by atoms with Crippen molar-refractivity contribution in [2.75, 3.05) is 6.61 Å². The maximum atomic E-state index is 11.2. The zero-order valence-corrected chi connectivity index (χ0v) is 9.38. The van der Waals surface area contributed by atoms with Crippen molar-refractivity contribution < 1.29 is 19.7 Å². The lowest BCUT2D eigenvalue weighted by Crippen LogP contribution is -2.41. The number of nitrogens with zero attached hydrogens (tertiary/aromatic N) is 1. The van der Waals surface area contributed by atoms with Crippen LogP contribution in [-0.4, -0.2) is 33.9 Å². The van der Waals surface area contributed by atoms with Crippen molar-refractivity contribution in [3.63, 3.8) is 0 Å². The number of aliphatic hydroxyl groups is 2. The summed E-state index contributed by atoms with van der Waals surface area (Å²) < 4.78 is 5.39. The first-order valence-corrected chi connectivity index (χ1v) is 5.28. The fraction of sp³-hybridized carbons (Fsp3) is 0.364. The second kappa shape index (κ2) is 4.50. The molecule has 0 aromatic carbocycles. The van der Waals surface area contributed by atoms with Gasteiger partial charge in [-0.25, -0.2) is 0 Å². The van der Waals surface area contributed by atoms with E-state index >= 15 is 0 Å². The van der Waals surface area contributed by atoms with E-state index in [4.69, 9.17) is 9.84 Å². The maximum Gasteiger partial charge on any atom is 0.250 e. The molecule has 6 heteroatoms. The molecule has 2 aliphatic rings. The van der Waals surface area contributed by atoms with E-state index in [1.54, 1.807) is 24.1 Å². The molecule has 3 N–H and O–H groups in total. The minimum Gasteiger partial charge on any atom is -0.508 e. The quantitative estimate of drug-likeness (QED) is 0.644. The van der Waals surface area contributed by atoms with E-state index in [0.717, 1.165) is 0 Å². The first kappa shape index (κ1) is 11.5. The third kappa shape index (κ3) is 2.12. The average Bonchev–Trinajstić information content (AvgIpc) is 2.70. The van der Waals surface area contributed by atoms with Gasteiger partial charge < -0.3 is 20.3 Å². The molecule has 0 fully saturated rings. The Bertz CT molecular complexity index is 425. The van der Waals surface area contributed by atoms with Crippen molar-refractivity contribution in [1.29, 1.82) is 0 Å². The Hall–Kier alpha value is -1.95. The number of carbonyl (C=O) groups is 1. The molecule has 0 aliphatic carbocycles. The summed E-state index contributed by atoms with van der Waals surface area (Å²) >= 11 is 0. The summed E-state index contributed by atoms with van der Waals surface area (Å²) in [5.74, 6) is 0.607. The molecule has 6 nitrogen and oxygen atoms in total. The molecule has 17 heavy (non-hydrogen) atoms. The highest BCUT2D eigenvalue weighted by Gasteiger charge is 2.31. The van der Waals surface area contributed by atoms with Crippen LogP contribution >= 0.6 is 0 Å². The van der Waals surface area contributed by atoms with Gasteiger partial charge in [-0.2, -0.15) is 0 Å². The molecule has 2 heterocycles. The molecule has 0 radical (unpaired) electrons. The number of allylic oxidation sites excluding steroid dienone is 1. The van der Waals surface area contributed by atoms with Crippen molar-refractivity contribution in [3.8, 4) is 0 Å². The van der Waals surface area contributed by atoms with E-state index < -0.39 is 6.23 Å². The molecule has 2 aliphatic heterocycles. The highest BCUT2D eigenvalue weighted by molar-refractivity contribution is 5.89. The number of aliphatic hydroxyl groups excluding tert-OH is 2. The zero-order valence-electron chi connectivity index (χ0n) is 9.38. The molecule has 0 saturated carbocycles. The minimum absolute atomic E-state index is 0.0400. The molecule has 2 rings (SSSR count). The summed E-state index contributed by atoms with van der Waals surface area (Å²) in [6, 6.07) is 0. The summed E-state index contributed by atoms with van der Waals surface area (Å²) in [6.45, 7) is 1.45. The molecule has 1 atom stereocenters. The van der Waals surface area contributed by atoms with E-state index in [-0.39, 0.29) is 30.5 Å². The van der Waals surface area contributed by atoms with Gasteiger partial charge >= 0.3 is 0 Å². The Labute approximate surface area is 98.5 Å². The smallest absolute Gasteiger partial charge is 0.250 e. The van der Waals surface area contributed by atoms with Crippen LogP contribution in [0.5, 0.6) is 0 Å². The van der Waals surface area contributed by atoms with Crippen molar-refractivity contribution in [3.05, 3.63) is 35.7 Å². The third-order valence-electron chi connectivity index (χ3n) is 2.61. The van der Waals surface area contributed by atoms with Gasteiger partial charge in [0.15, 0.2) is 12.0 Å². The van der Waals surface area contributed by atoms with E-state index in [2.05, 4.69) is 5.32 Å². The summed E-state index contributed by atoms with van der Waals surface area (Å²) in [6.07, 6.45) is 4.53. The van der Waals surface area contributed by atoms with Gasteiger partial charge in [0, 0.05) is 12.3 Å². The number of amides is 1. The molecule has 1 amide bonds. The van der Waals surface area contributed by atoms with Crippen LogP contribution < -0.4 is 5.32 Å². The van der Waals surface area contributed by atoms with E-state index in [0.29, 0.717) is 5.82 Å². The Morgan fingerprint density at radius 3 is 3.06 bits per heavy atom. The number of hydrogen-bond acceptors (Lipinski definition) is 5. The highest BCUT2D eigenvalue weighted by Crippen LogP contribution is 2.28. The first-order chi connectivity index (χ1) is 8.15. The monoisotopic (exact) mass is 238 g/mol. The lowest BCUT2D eigenvalue weighted by Gasteiger charge is -2.31. The van der Waals surface area contributed by atoms with Crippen LogP contribution in [0, 0.1) is 0 Å². The summed E-state index contributed by atoms with van der Waals surface area (Å²) in [5, 5.41) is 21.2. The van der Waals surface area contributed by atoms with Gasteiger partial charge in [-0.1, -0.05) is 0 Å². The largest absolute Gasteiger partial charge is 0.508 e. The Kier molecular flexibility index (Phi) is 3.06. The molecule has 92 valence electrons. The summed E-state index contributed by atoms with van der Waals surface area (Å²) in [7, 11) is 0. The van der Waals surface area contributed by atoms with Gasteiger partial charge in [0.1, 0.15) is 18.2 Å². The summed E-state index contributed by atoms with van der Waals surface area (Å²) in [4.78, 5) is 12.9. The minimum atomic E-state index is -0.444.